The first-order valence-electron chi connectivity index (χ1n) is 6.26. The second-order valence-electron chi connectivity index (χ2n) is 4.04. The van der Waals surface area contributed by atoms with Crippen molar-refractivity contribution in [2.75, 3.05) is 13.7 Å². The lowest BCUT2D eigenvalue weighted by atomic mass is 10.3. The van der Waals surface area contributed by atoms with Crippen LogP contribution < -0.4 is 9.47 Å². The molecular formula is C16H16O3S. The summed E-state index contributed by atoms with van der Waals surface area (Å²) in [5.41, 5.74) is 0.965. The van der Waals surface area contributed by atoms with E-state index in [1.165, 1.54) is 0 Å². The first kappa shape index (κ1) is 14.4. The van der Waals surface area contributed by atoms with Gasteiger partial charge >= 0.3 is 0 Å². The van der Waals surface area contributed by atoms with E-state index in [0.29, 0.717) is 13.0 Å². The third-order valence-corrected chi connectivity index (χ3v) is 3.46. The molecule has 20 heavy (non-hydrogen) atoms. The second-order valence-corrected chi connectivity index (χ2v) is 5.04. The number of thiophene rings is 1. The largest absolute Gasteiger partial charge is 0.497 e. The summed E-state index contributed by atoms with van der Waals surface area (Å²) in [5, 5.41) is 10.7. The maximum Gasteiger partial charge on any atom is 0.123 e. The molecule has 0 spiro atoms. The monoisotopic (exact) mass is 288 g/mol. The first-order valence-corrected chi connectivity index (χ1v) is 7.14. The lowest BCUT2D eigenvalue weighted by Gasteiger charge is -2.06. The predicted octanol–water partition coefficient (Wildman–Crippen LogP) is 3.07. The fourth-order valence-corrected chi connectivity index (χ4v) is 2.32. The highest BCUT2D eigenvalue weighted by Crippen LogP contribution is 2.21. The average molecular weight is 288 g/mol. The summed E-state index contributed by atoms with van der Waals surface area (Å²) in [7, 11) is 1.63. The minimum atomic E-state index is 0.100. The molecule has 0 aliphatic carbocycles. The number of aliphatic hydroxyl groups is 1. The van der Waals surface area contributed by atoms with E-state index in [4.69, 9.17) is 14.6 Å². The molecule has 104 valence electrons. The van der Waals surface area contributed by atoms with Crippen molar-refractivity contribution in [1.82, 2.24) is 0 Å². The van der Waals surface area contributed by atoms with Gasteiger partial charge in [-0.2, -0.15) is 0 Å². The Hall–Kier alpha value is -1.96. The topological polar surface area (TPSA) is 38.7 Å². The molecule has 0 amide bonds. The van der Waals surface area contributed by atoms with Crippen molar-refractivity contribution in [3.63, 3.8) is 0 Å². The van der Waals surface area contributed by atoms with Crippen LogP contribution in [0.2, 0.25) is 0 Å². The SMILES string of the molecule is COc1cccc(OCc2cc(C#CCCO)cs2)c1. The van der Waals surface area contributed by atoms with Crippen LogP contribution in [0.4, 0.5) is 0 Å². The van der Waals surface area contributed by atoms with Crippen LogP contribution in [0.3, 0.4) is 0 Å². The quantitative estimate of drug-likeness (QED) is 0.859. The number of hydrogen-bond acceptors (Lipinski definition) is 4. The van der Waals surface area contributed by atoms with E-state index in [1.54, 1.807) is 18.4 Å². The highest BCUT2D eigenvalue weighted by Gasteiger charge is 2.01. The van der Waals surface area contributed by atoms with Gasteiger partial charge in [-0.25, -0.2) is 0 Å². The van der Waals surface area contributed by atoms with Crippen LogP contribution in [0.15, 0.2) is 35.7 Å². The zero-order valence-corrected chi connectivity index (χ0v) is 12.1. The van der Waals surface area contributed by atoms with Gasteiger partial charge in [0.15, 0.2) is 0 Å². The Kier molecular flexibility index (Phi) is 5.48. The summed E-state index contributed by atoms with van der Waals surface area (Å²) in [6.07, 6.45) is 0.505. The third-order valence-electron chi connectivity index (χ3n) is 2.55. The van der Waals surface area contributed by atoms with Crippen molar-refractivity contribution in [2.24, 2.45) is 0 Å². The Morgan fingerprint density at radius 1 is 1.25 bits per heavy atom. The molecule has 0 bridgehead atoms. The number of rotatable bonds is 5. The Morgan fingerprint density at radius 3 is 2.90 bits per heavy atom. The molecule has 0 saturated heterocycles. The molecule has 0 fully saturated rings. The van der Waals surface area contributed by atoms with E-state index in [9.17, 15) is 0 Å². The Morgan fingerprint density at radius 2 is 2.10 bits per heavy atom. The Balaban J connectivity index is 1.92. The fourth-order valence-electron chi connectivity index (χ4n) is 1.59. The van der Waals surface area contributed by atoms with E-state index in [-0.39, 0.29) is 6.61 Å². The lowest BCUT2D eigenvalue weighted by Crippen LogP contribution is -1.93. The molecule has 0 aliphatic rings. The van der Waals surface area contributed by atoms with Gasteiger partial charge in [0.25, 0.3) is 0 Å². The molecule has 0 atom stereocenters. The molecule has 1 N–H and O–H groups in total. The van der Waals surface area contributed by atoms with Crippen molar-refractivity contribution >= 4 is 11.3 Å². The maximum atomic E-state index is 8.67. The van der Waals surface area contributed by atoms with Gasteiger partial charge in [-0.05, 0) is 18.2 Å². The van der Waals surface area contributed by atoms with E-state index in [1.807, 2.05) is 35.7 Å². The third kappa shape index (κ3) is 4.30. The summed E-state index contributed by atoms with van der Waals surface area (Å²) in [6, 6.07) is 9.55. The lowest BCUT2D eigenvalue weighted by molar-refractivity contribution is 0.305. The first-order chi connectivity index (χ1) is 9.81. The van der Waals surface area contributed by atoms with Crippen molar-refractivity contribution in [2.45, 2.75) is 13.0 Å². The van der Waals surface area contributed by atoms with Crippen molar-refractivity contribution < 1.29 is 14.6 Å². The molecule has 2 rings (SSSR count). The van der Waals surface area contributed by atoms with Crippen molar-refractivity contribution in [3.8, 4) is 23.3 Å². The van der Waals surface area contributed by atoms with Gasteiger partial charge in [-0.15, -0.1) is 11.3 Å². The van der Waals surface area contributed by atoms with Crippen LogP contribution in [0.1, 0.15) is 16.9 Å². The van der Waals surface area contributed by atoms with Crippen LogP contribution in [0.25, 0.3) is 0 Å². The van der Waals surface area contributed by atoms with E-state index < -0.39 is 0 Å². The molecular weight excluding hydrogens is 272 g/mol. The molecule has 0 radical (unpaired) electrons. The maximum absolute atomic E-state index is 8.67. The summed E-state index contributed by atoms with van der Waals surface area (Å²) < 4.78 is 10.9. The second kappa shape index (κ2) is 7.59. The van der Waals surface area contributed by atoms with Gasteiger partial charge in [0, 0.05) is 28.3 Å². The minimum Gasteiger partial charge on any atom is -0.497 e. The average Bonchev–Trinajstić information content (AvgIpc) is 2.94. The van der Waals surface area contributed by atoms with Crippen molar-refractivity contribution in [1.29, 1.82) is 0 Å². The zero-order chi connectivity index (χ0) is 14.2. The van der Waals surface area contributed by atoms with Crippen LogP contribution in [-0.4, -0.2) is 18.8 Å². The minimum absolute atomic E-state index is 0.100. The van der Waals surface area contributed by atoms with E-state index in [0.717, 1.165) is 21.9 Å². The summed E-state index contributed by atoms with van der Waals surface area (Å²) in [5.74, 6) is 7.47. The number of aliphatic hydroxyl groups excluding tert-OH is 1. The van der Waals surface area contributed by atoms with Gasteiger partial charge in [0.05, 0.1) is 13.7 Å². The standard InChI is InChI=1S/C16H16O3S/c1-18-14-6-4-7-15(10-14)19-11-16-9-13(12-20-16)5-2-3-8-17/h4,6-7,9-10,12,17H,3,8,11H2,1H3. The zero-order valence-electron chi connectivity index (χ0n) is 11.3. The smallest absolute Gasteiger partial charge is 0.123 e. The fraction of sp³-hybridized carbons (Fsp3) is 0.250. The van der Waals surface area contributed by atoms with Gasteiger partial charge in [0.2, 0.25) is 0 Å². The van der Waals surface area contributed by atoms with Gasteiger partial charge in [-0.1, -0.05) is 17.9 Å². The summed E-state index contributed by atoms with van der Waals surface area (Å²) in [4.78, 5) is 1.11. The van der Waals surface area contributed by atoms with E-state index >= 15 is 0 Å². The molecule has 3 nitrogen and oxygen atoms in total. The molecule has 0 aliphatic heterocycles. The van der Waals surface area contributed by atoms with E-state index in [2.05, 4.69) is 11.8 Å². The number of hydrogen-bond donors (Lipinski definition) is 1. The number of ether oxygens (including phenoxy) is 2. The Labute approximate surface area is 122 Å². The highest BCUT2D eigenvalue weighted by molar-refractivity contribution is 7.10. The molecule has 1 aromatic heterocycles. The molecule has 4 heteroatoms. The van der Waals surface area contributed by atoms with Crippen LogP contribution >= 0.6 is 11.3 Å². The summed E-state index contributed by atoms with van der Waals surface area (Å²) >= 11 is 1.62. The van der Waals surface area contributed by atoms with Crippen LogP contribution in [0, 0.1) is 11.8 Å². The normalized spacial score (nSPS) is 9.70. The highest BCUT2D eigenvalue weighted by atomic mass is 32.1. The molecule has 0 unspecified atom stereocenters. The number of benzene rings is 1. The van der Waals surface area contributed by atoms with Gasteiger partial charge < -0.3 is 14.6 Å². The van der Waals surface area contributed by atoms with Gasteiger partial charge in [-0.3, -0.25) is 0 Å². The van der Waals surface area contributed by atoms with Gasteiger partial charge in [0.1, 0.15) is 18.1 Å². The van der Waals surface area contributed by atoms with Crippen LogP contribution in [0.5, 0.6) is 11.5 Å². The van der Waals surface area contributed by atoms with Crippen LogP contribution in [-0.2, 0) is 6.61 Å². The Bertz CT molecular complexity index is 607. The molecule has 0 saturated carbocycles. The molecule has 1 heterocycles. The summed E-state index contributed by atoms with van der Waals surface area (Å²) in [6.45, 7) is 0.614. The predicted molar refractivity (Wildman–Crippen MR) is 80.2 cm³/mol. The van der Waals surface area contributed by atoms with Crippen molar-refractivity contribution in [3.05, 3.63) is 46.2 Å². The number of methoxy groups -OCH3 is 1. The molecule has 2 aromatic rings. The molecule has 1 aromatic carbocycles.